The van der Waals surface area contributed by atoms with E-state index in [-0.39, 0.29) is 18.7 Å². The first-order valence-corrected chi connectivity index (χ1v) is 6.55. The van der Waals surface area contributed by atoms with E-state index in [1.165, 1.54) is 0 Å². The van der Waals surface area contributed by atoms with Gasteiger partial charge in [-0.05, 0) is 19.4 Å². The number of para-hydroxylation sites is 1. The lowest BCUT2D eigenvalue weighted by atomic mass is 10.2. The molecule has 1 aromatic carbocycles. The number of ether oxygens (including phenoxy) is 1. The second-order valence-corrected chi connectivity index (χ2v) is 4.18. The summed E-state index contributed by atoms with van der Waals surface area (Å²) in [4.78, 5) is 11.8. The van der Waals surface area contributed by atoms with Crippen molar-refractivity contribution in [3.63, 3.8) is 0 Å². The van der Waals surface area contributed by atoms with Crippen LogP contribution in [0.15, 0.2) is 24.3 Å². The minimum Gasteiger partial charge on any atom is -0.394 e. The smallest absolute Gasteiger partial charge is 0.319 e. The molecule has 0 radical (unpaired) electrons. The van der Waals surface area contributed by atoms with Crippen molar-refractivity contribution < 1.29 is 14.6 Å². The third-order valence-electron chi connectivity index (χ3n) is 2.78. The molecule has 0 aliphatic carbocycles. The highest BCUT2D eigenvalue weighted by Crippen LogP contribution is 2.15. The Balaban J connectivity index is 2.62. The zero-order chi connectivity index (χ0) is 14.1. The molecule has 0 aliphatic rings. The Hall–Kier alpha value is -1.59. The predicted octanol–water partition coefficient (Wildman–Crippen LogP) is 2.12. The quantitative estimate of drug-likeness (QED) is 0.708. The molecule has 1 aromatic rings. The number of aliphatic hydroxyl groups excluding tert-OH is 1. The first kappa shape index (κ1) is 15.5. The molecule has 1 rings (SSSR count). The molecule has 19 heavy (non-hydrogen) atoms. The number of hydrogen-bond acceptors (Lipinski definition) is 3. The van der Waals surface area contributed by atoms with Gasteiger partial charge in [0.15, 0.2) is 0 Å². The summed E-state index contributed by atoms with van der Waals surface area (Å²) in [7, 11) is 0. The zero-order valence-corrected chi connectivity index (χ0v) is 11.5. The number of hydrogen-bond donors (Lipinski definition) is 3. The number of carbonyl (C=O) groups is 1. The number of anilines is 1. The first-order valence-electron chi connectivity index (χ1n) is 6.55. The number of amides is 2. The number of aliphatic hydroxyl groups is 1. The second kappa shape index (κ2) is 8.50. The highest BCUT2D eigenvalue weighted by atomic mass is 16.5. The van der Waals surface area contributed by atoms with Gasteiger partial charge in [-0.1, -0.05) is 25.1 Å². The van der Waals surface area contributed by atoms with Gasteiger partial charge in [0.2, 0.25) is 0 Å². The van der Waals surface area contributed by atoms with Crippen LogP contribution in [0.5, 0.6) is 0 Å². The molecular weight excluding hydrogens is 244 g/mol. The van der Waals surface area contributed by atoms with E-state index in [4.69, 9.17) is 9.84 Å². The normalized spacial score (nSPS) is 11.9. The van der Waals surface area contributed by atoms with E-state index >= 15 is 0 Å². The summed E-state index contributed by atoms with van der Waals surface area (Å²) in [5.41, 5.74) is 1.65. The molecule has 2 amide bonds. The van der Waals surface area contributed by atoms with Gasteiger partial charge >= 0.3 is 6.03 Å². The monoisotopic (exact) mass is 266 g/mol. The molecule has 3 N–H and O–H groups in total. The maximum Gasteiger partial charge on any atom is 0.319 e. The van der Waals surface area contributed by atoms with Crippen molar-refractivity contribution in [2.24, 2.45) is 0 Å². The summed E-state index contributed by atoms with van der Waals surface area (Å²) >= 11 is 0. The topological polar surface area (TPSA) is 70.6 Å². The van der Waals surface area contributed by atoms with E-state index < -0.39 is 0 Å². The average molecular weight is 266 g/mol. The van der Waals surface area contributed by atoms with Crippen molar-refractivity contribution in [2.45, 2.75) is 32.9 Å². The molecule has 0 aromatic heterocycles. The van der Waals surface area contributed by atoms with Crippen molar-refractivity contribution in [1.82, 2.24) is 5.32 Å². The van der Waals surface area contributed by atoms with Gasteiger partial charge in [-0.15, -0.1) is 0 Å². The fourth-order valence-electron chi connectivity index (χ4n) is 1.60. The molecule has 1 atom stereocenters. The van der Waals surface area contributed by atoms with Crippen LogP contribution < -0.4 is 10.6 Å². The lowest BCUT2D eigenvalue weighted by Gasteiger charge is -2.16. The third kappa shape index (κ3) is 5.28. The Bertz CT molecular complexity index is 392. The molecule has 0 saturated carbocycles. The lowest BCUT2D eigenvalue weighted by Crippen LogP contribution is -2.39. The Morgan fingerprint density at radius 1 is 1.37 bits per heavy atom. The summed E-state index contributed by atoms with van der Waals surface area (Å²) < 4.78 is 5.35. The Morgan fingerprint density at radius 2 is 2.11 bits per heavy atom. The van der Waals surface area contributed by atoms with E-state index in [0.29, 0.717) is 19.6 Å². The molecule has 0 aliphatic heterocycles. The summed E-state index contributed by atoms with van der Waals surface area (Å²) in [6, 6.07) is 6.96. The van der Waals surface area contributed by atoms with Crippen molar-refractivity contribution in [3.05, 3.63) is 29.8 Å². The SMILES string of the molecule is CCOCc1ccccc1NC(=O)NC(CC)CO. The third-order valence-corrected chi connectivity index (χ3v) is 2.78. The molecule has 0 fully saturated rings. The standard InChI is InChI=1S/C14H22N2O3/c1-3-12(9-17)15-14(18)16-13-8-6-5-7-11(13)10-19-4-2/h5-8,12,17H,3-4,9-10H2,1-2H3,(H2,15,16,18). The Kier molecular flexibility index (Phi) is 6.92. The molecule has 5 nitrogen and oxygen atoms in total. The minimum absolute atomic E-state index is 0.0650. The number of benzene rings is 1. The van der Waals surface area contributed by atoms with E-state index in [9.17, 15) is 4.79 Å². The van der Waals surface area contributed by atoms with Gasteiger partial charge < -0.3 is 20.5 Å². The van der Waals surface area contributed by atoms with Crippen LogP contribution in [0.25, 0.3) is 0 Å². The van der Waals surface area contributed by atoms with Crippen LogP contribution in [-0.4, -0.2) is 30.4 Å². The number of urea groups is 1. The van der Waals surface area contributed by atoms with Crippen molar-refractivity contribution >= 4 is 11.7 Å². The van der Waals surface area contributed by atoms with E-state index in [2.05, 4.69) is 10.6 Å². The lowest BCUT2D eigenvalue weighted by molar-refractivity contribution is 0.134. The van der Waals surface area contributed by atoms with E-state index in [0.717, 1.165) is 11.3 Å². The van der Waals surface area contributed by atoms with Crippen molar-refractivity contribution in [2.75, 3.05) is 18.5 Å². The number of carbonyl (C=O) groups excluding carboxylic acids is 1. The summed E-state index contributed by atoms with van der Waals surface area (Å²) in [5.74, 6) is 0. The van der Waals surface area contributed by atoms with Crippen LogP contribution in [0.3, 0.4) is 0 Å². The Morgan fingerprint density at radius 3 is 2.74 bits per heavy atom. The molecule has 1 unspecified atom stereocenters. The fourth-order valence-corrected chi connectivity index (χ4v) is 1.60. The van der Waals surface area contributed by atoms with Crippen LogP contribution in [0.4, 0.5) is 10.5 Å². The van der Waals surface area contributed by atoms with Gasteiger partial charge in [-0.2, -0.15) is 0 Å². The van der Waals surface area contributed by atoms with E-state index in [1.807, 2.05) is 38.1 Å². The Labute approximate surface area is 114 Å². The molecular formula is C14H22N2O3. The highest BCUT2D eigenvalue weighted by Gasteiger charge is 2.10. The average Bonchev–Trinajstić information content (AvgIpc) is 2.43. The molecule has 5 heteroatoms. The van der Waals surface area contributed by atoms with Crippen LogP contribution in [0.2, 0.25) is 0 Å². The first-order chi connectivity index (χ1) is 9.21. The van der Waals surface area contributed by atoms with Crippen molar-refractivity contribution in [3.8, 4) is 0 Å². The van der Waals surface area contributed by atoms with Crippen molar-refractivity contribution in [1.29, 1.82) is 0 Å². The fraction of sp³-hybridized carbons (Fsp3) is 0.500. The van der Waals surface area contributed by atoms with Crippen LogP contribution in [-0.2, 0) is 11.3 Å². The maximum absolute atomic E-state index is 11.8. The zero-order valence-electron chi connectivity index (χ0n) is 11.5. The van der Waals surface area contributed by atoms with Gasteiger partial charge in [-0.3, -0.25) is 0 Å². The van der Waals surface area contributed by atoms with Gasteiger partial charge in [0.05, 0.1) is 19.3 Å². The summed E-state index contributed by atoms with van der Waals surface area (Å²) in [5, 5.41) is 14.5. The van der Waals surface area contributed by atoms with Crippen LogP contribution in [0.1, 0.15) is 25.8 Å². The van der Waals surface area contributed by atoms with Crippen LogP contribution in [0, 0.1) is 0 Å². The molecule has 0 spiro atoms. The highest BCUT2D eigenvalue weighted by molar-refractivity contribution is 5.90. The second-order valence-electron chi connectivity index (χ2n) is 4.18. The summed E-state index contributed by atoms with van der Waals surface area (Å²) in [6.07, 6.45) is 0.685. The van der Waals surface area contributed by atoms with Gasteiger partial charge in [-0.25, -0.2) is 4.79 Å². The summed E-state index contributed by atoms with van der Waals surface area (Å²) in [6.45, 7) is 4.86. The molecule has 0 heterocycles. The molecule has 106 valence electrons. The van der Waals surface area contributed by atoms with Crippen LogP contribution >= 0.6 is 0 Å². The van der Waals surface area contributed by atoms with Gasteiger partial charge in [0.1, 0.15) is 0 Å². The minimum atomic E-state index is -0.315. The maximum atomic E-state index is 11.8. The molecule has 0 bridgehead atoms. The van der Waals surface area contributed by atoms with E-state index in [1.54, 1.807) is 0 Å². The number of rotatable bonds is 7. The largest absolute Gasteiger partial charge is 0.394 e. The number of nitrogens with one attached hydrogen (secondary N) is 2. The van der Waals surface area contributed by atoms with Gasteiger partial charge in [0, 0.05) is 17.9 Å². The molecule has 0 saturated heterocycles. The predicted molar refractivity (Wildman–Crippen MR) is 75.1 cm³/mol. The van der Waals surface area contributed by atoms with Gasteiger partial charge in [0.25, 0.3) is 0 Å².